The molecule has 1 aliphatic heterocycles. The highest BCUT2D eigenvalue weighted by Gasteiger charge is 2.23. The topological polar surface area (TPSA) is 33.2 Å². The van der Waals surface area contributed by atoms with Gasteiger partial charge in [0.15, 0.2) is 0 Å². The molecule has 1 saturated heterocycles. The summed E-state index contributed by atoms with van der Waals surface area (Å²) in [5.74, 6) is 0.115. The molecule has 76 valence electrons. The van der Waals surface area contributed by atoms with E-state index in [9.17, 15) is 4.79 Å². The summed E-state index contributed by atoms with van der Waals surface area (Å²) in [5.41, 5.74) is 0.661. The standard InChI is InChI=1S/C10H14N2OS/c1-7-9(11-8(2)14-7)10(13)12-5-3-4-6-12/h3-6H2,1-2H3. The summed E-state index contributed by atoms with van der Waals surface area (Å²) in [4.78, 5) is 19.2. The lowest BCUT2D eigenvalue weighted by Gasteiger charge is -2.13. The second-order valence-corrected chi connectivity index (χ2v) is 5.04. The number of aryl methyl sites for hydroxylation is 2. The van der Waals surface area contributed by atoms with Crippen LogP contribution in [-0.2, 0) is 0 Å². The monoisotopic (exact) mass is 210 g/mol. The van der Waals surface area contributed by atoms with Crippen LogP contribution in [-0.4, -0.2) is 28.9 Å². The fourth-order valence-corrected chi connectivity index (χ4v) is 2.61. The van der Waals surface area contributed by atoms with Crippen molar-refractivity contribution in [1.29, 1.82) is 0 Å². The number of likely N-dealkylation sites (tertiary alicyclic amines) is 1. The zero-order valence-electron chi connectivity index (χ0n) is 8.54. The fraction of sp³-hybridized carbons (Fsp3) is 0.600. The van der Waals surface area contributed by atoms with Crippen LogP contribution in [0, 0.1) is 13.8 Å². The lowest BCUT2D eigenvalue weighted by atomic mass is 10.3. The van der Waals surface area contributed by atoms with Gasteiger partial charge in [-0.25, -0.2) is 4.98 Å². The van der Waals surface area contributed by atoms with E-state index in [1.54, 1.807) is 11.3 Å². The average molecular weight is 210 g/mol. The van der Waals surface area contributed by atoms with E-state index in [1.807, 2.05) is 18.7 Å². The Labute approximate surface area is 87.8 Å². The SMILES string of the molecule is Cc1nc(C(=O)N2CCCC2)c(C)s1. The van der Waals surface area contributed by atoms with E-state index in [0.29, 0.717) is 5.69 Å². The van der Waals surface area contributed by atoms with Crippen molar-refractivity contribution in [2.45, 2.75) is 26.7 Å². The van der Waals surface area contributed by atoms with Crippen LogP contribution in [0.3, 0.4) is 0 Å². The van der Waals surface area contributed by atoms with Crippen LogP contribution in [0.1, 0.15) is 33.2 Å². The van der Waals surface area contributed by atoms with Crippen LogP contribution in [0.2, 0.25) is 0 Å². The predicted molar refractivity (Wildman–Crippen MR) is 56.7 cm³/mol. The van der Waals surface area contributed by atoms with E-state index >= 15 is 0 Å². The molecule has 0 unspecified atom stereocenters. The number of nitrogens with zero attached hydrogens (tertiary/aromatic N) is 2. The van der Waals surface area contributed by atoms with Crippen molar-refractivity contribution >= 4 is 17.2 Å². The highest BCUT2D eigenvalue weighted by Crippen LogP contribution is 2.20. The van der Waals surface area contributed by atoms with Crippen LogP contribution in [0.4, 0.5) is 0 Å². The van der Waals surface area contributed by atoms with Gasteiger partial charge in [0.25, 0.3) is 5.91 Å². The van der Waals surface area contributed by atoms with E-state index in [4.69, 9.17) is 0 Å². The van der Waals surface area contributed by atoms with Gasteiger partial charge in [0.05, 0.1) is 5.01 Å². The van der Waals surface area contributed by atoms with Gasteiger partial charge in [0, 0.05) is 18.0 Å². The Morgan fingerprint density at radius 1 is 1.36 bits per heavy atom. The molecule has 2 heterocycles. The van der Waals surface area contributed by atoms with Gasteiger partial charge in [-0.1, -0.05) is 0 Å². The van der Waals surface area contributed by atoms with Gasteiger partial charge >= 0.3 is 0 Å². The lowest BCUT2D eigenvalue weighted by molar-refractivity contribution is 0.0787. The van der Waals surface area contributed by atoms with E-state index in [-0.39, 0.29) is 5.91 Å². The third-order valence-electron chi connectivity index (χ3n) is 2.50. The minimum Gasteiger partial charge on any atom is -0.337 e. The molecule has 0 N–H and O–H groups in total. The first kappa shape index (κ1) is 9.65. The van der Waals surface area contributed by atoms with Crippen LogP contribution in [0.15, 0.2) is 0 Å². The first-order valence-electron chi connectivity index (χ1n) is 4.92. The van der Waals surface area contributed by atoms with Crippen LogP contribution >= 0.6 is 11.3 Å². The molecule has 2 rings (SSSR count). The molecule has 0 atom stereocenters. The molecule has 0 spiro atoms. The zero-order valence-corrected chi connectivity index (χ0v) is 9.36. The Hall–Kier alpha value is -0.900. The molecule has 1 fully saturated rings. The first-order valence-corrected chi connectivity index (χ1v) is 5.73. The van der Waals surface area contributed by atoms with Gasteiger partial charge in [-0.3, -0.25) is 4.79 Å². The fourth-order valence-electron chi connectivity index (χ4n) is 1.80. The van der Waals surface area contributed by atoms with E-state index in [0.717, 1.165) is 35.8 Å². The molecule has 1 amide bonds. The zero-order chi connectivity index (χ0) is 10.1. The molecular weight excluding hydrogens is 196 g/mol. The molecule has 0 saturated carbocycles. The smallest absolute Gasteiger partial charge is 0.273 e. The summed E-state index contributed by atoms with van der Waals surface area (Å²) in [5, 5.41) is 0.977. The minimum absolute atomic E-state index is 0.115. The third kappa shape index (κ3) is 1.66. The third-order valence-corrected chi connectivity index (χ3v) is 3.39. The van der Waals surface area contributed by atoms with Gasteiger partial charge in [0.2, 0.25) is 0 Å². The van der Waals surface area contributed by atoms with E-state index in [2.05, 4.69) is 4.98 Å². The summed E-state index contributed by atoms with van der Waals surface area (Å²) >= 11 is 1.60. The summed E-state index contributed by atoms with van der Waals surface area (Å²) < 4.78 is 0. The van der Waals surface area contributed by atoms with Crippen molar-refractivity contribution in [2.24, 2.45) is 0 Å². The molecule has 3 nitrogen and oxygen atoms in total. The highest BCUT2D eigenvalue weighted by atomic mass is 32.1. The molecular formula is C10H14N2OS. The number of rotatable bonds is 1. The van der Waals surface area contributed by atoms with E-state index < -0.39 is 0 Å². The van der Waals surface area contributed by atoms with E-state index in [1.165, 1.54) is 0 Å². The summed E-state index contributed by atoms with van der Waals surface area (Å²) in [7, 11) is 0. The largest absolute Gasteiger partial charge is 0.337 e. The van der Waals surface area contributed by atoms with Gasteiger partial charge in [-0.05, 0) is 26.7 Å². The summed E-state index contributed by atoms with van der Waals surface area (Å²) in [6.07, 6.45) is 2.27. The Balaban J connectivity index is 2.21. The molecule has 0 bridgehead atoms. The first-order chi connectivity index (χ1) is 6.68. The number of thiazole rings is 1. The normalized spacial score (nSPS) is 16.3. The molecule has 4 heteroatoms. The second kappa shape index (κ2) is 3.69. The van der Waals surface area contributed by atoms with Gasteiger partial charge in [-0.15, -0.1) is 11.3 Å². The predicted octanol–water partition coefficient (Wildman–Crippen LogP) is 2.00. The Morgan fingerprint density at radius 3 is 2.50 bits per heavy atom. The number of amides is 1. The van der Waals surface area contributed by atoms with Crippen molar-refractivity contribution in [2.75, 3.05) is 13.1 Å². The van der Waals surface area contributed by atoms with Crippen LogP contribution < -0.4 is 0 Å². The maximum atomic E-state index is 12.0. The molecule has 0 aliphatic carbocycles. The molecule has 0 aromatic carbocycles. The lowest BCUT2D eigenvalue weighted by Crippen LogP contribution is -2.28. The van der Waals surface area contributed by atoms with Gasteiger partial charge in [-0.2, -0.15) is 0 Å². The van der Waals surface area contributed by atoms with Crippen LogP contribution in [0.25, 0.3) is 0 Å². The van der Waals surface area contributed by atoms with Crippen molar-refractivity contribution in [3.63, 3.8) is 0 Å². The quantitative estimate of drug-likeness (QED) is 0.710. The van der Waals surface area contributed by atoms with Gasteiger partial charge < -0.3 is 4.90 Å². The molecule has 1 aliphatic rings. The Kier molecular flexibility index (Phi) is 2.54. The number of hydrogen-bond acceptors (Lipinski definition) is 3. The Bertz CT molecular complexity index is 353. The van der Waals surface area contributed by atoms with Crippen molar-refractivity contribution in [1.82, 2.24) is 9.88 Å². The summed E-state index contributed by atoms with van der Waals surface area (Å²) in [6.45, 7) is 5.70. The highest BCUT2D eigenvalue weighted by molar-refractivity contribution is 7.11. The minimum atomic E-state index is 0.115. The molecule has 1 aromatic rings. The number of carbonyl (C=O) groups is 1. The average Bonchev–Trinajstić information content (AvgIpc) is 2.73. The maximum Gasteiger partial charge on any atom is 0.273 e. The Morgan fingerprint density at radius 2 is 2.00 bits per heavy atom. The van der Waals surface area contributed by atoms with Crippen LogP contribution in [0.5, 0.6) is 0 Å². The molecule has 0 radical (unpaired) electrons. The number of hydrogen-bond donors (Lipinski definition) is 0. The number of carbonyl (C=O) groups excluding carboxylic acids is 1. The van der Waals surface area contributed by atoms with Gasteiger partial charge in [0.1, 0.15) is 5.69 Å². The summed E-state index contributed by atoms with van der Waals surface area (Å²) in [6, 6.07) is 0. The van der Waals surface area contributed by atoms with Crippen molar-refractivity contribution in [3.8, 4) is 0 Å². The maximum absolute atomic E-state index is 12.0. The number of aromatic nitrogens is 1. The van der Waals surface area contributed by atoms with Crippen molar-refractivity contribution < 1.29 is 4.79 Å². The molecule has 14 heavy (non-hydrogen) atoms. The van der Waals surface area contributed by atoms with Crippen molar-refractivity contribution in [3.05, 3.63) is 15.6 Å². The second-order valence-electron chi connectivity index (χ2n) is 3.64. The molecule has 1 aromatic heterocycles.